The molecule has 1 atom stereocenters. The zero-order valence-corrected chi connectivity index (χ0v) is 4.98. The molecule has 2 nitrogen and oxygen atoms in total. The third-order valence-electron chi connectivity index (χ3n) is 1.37. The van der Waals surface area contributed by atoms with Crippen molar-refractivity contribution in [2.75, 3.05) is 6.54 Å². The molecule has 0 bridgehead atoms. The lowest BCUT2D eigenvalue weighted by atomic mass is 10.1. The smallest absolute Gasteiger partial charge is 0.273 e. The molecule has 5 heteroatoms. The lowest BCUT2D eigenvalue weighted by Gasteiger charge is -2.10. The summed E-state index contributed by atoms with van der Waals surface area (Å²) < 4.78 is 35.2. The minimum atomic E-state index is -4.25. The molecule has 1 heterocycles. The zero-order valence-electron chi connectivity index (χ0n) is 4.98. The van der Waals surface area contributed by atoms with Crippen LogP contribution in [0.3, 0.4) is 0 Å². The second kappa shape index (κ2) is 2.14. The van der Waals surface area contributed by atoms with E-state index in [9.17, 15) is 18.0 Å². The van der Waals surface area contributed by atoms with Crippen molar-refractivity contribution in [3.05, 3.63) is 0 Å². The Balaban J connectivity index is 2.53. The number of rotatable bonds is 0. The van der Waals surface area contributed by atoms with Crippen LogP contribution in [0.1, 0.15) is 6.42 Å². The largest absolute Gasteiger partial charge is 0.394 e. The number of carbonyl (C=O) groups is 1. The van der Waals surface area contributed by atoms with Crippen LogP contribution >= 0.6 is 0 Å². The first kappa shape index (κ1) is 7.37. The summed E-state index contributed by atoms with van der Waals surface area (Å²) in [6.07, 6.45) is -4.72. The molecule has 1 amide bonds. The van der Waals surface area contributed by atoms with Gasteiger partial charge in [-0.3, -0.25) is 10.1 Å². The maximum absolute atomic E-state index is 11.7. The van der Waals surface area contributed by atoms with E-state index in [2.05, 4.69) is 5.32 Å². The molecule has 0 aliphatic carbocycles. The molecule has 1 unspecified atom stereocenters. The van der Waals surface area contributed by atoms with E-state index in [4.69, 9.17) is 0 Å². The van der Waals surface area contributed by atoms with Gasteiger partial charge < -0.3 is 0 Å². The van der Waals surface area contributed by atoms with Crippen molar-refractivity contribution in [1.29, 1.82) is 0 Å². The number of carbonyl (C=O) groups excluding carboxylic acids is 1. The average molecular weight is 152 g/mol. The normalized spacial score (nSPS) is 26.7. The Kier molecular flexibility index (Phi) is 1.58. The van der Waals surface area contributed by atoms with Crippen molar-refractivity contribution >= 4 is 5.91 Å². The second-order valence-corrected chi connectivity index (χ2v) is 2.18. The van der Waals surface area contributed by atoms with Crippen molar-refractivity contribution in [3.8, 4) is 0 Å². The highest BCUT2D eigenvalue weighted by molar-refractivity contribution is 5.78. The molecule has 0 saturated carbocycles. The van der Waals surface area contributed by atoms with E-state index in [0.29, 0.717) is 0 Å². The molecule has 1 aliphatic rings. The minimum Gasteiger partial charge on any atom is -0.273 e. The fraction of sp³-hybridized carbons (Fsp3) is 0.800. The van der Waals surface area contributed by atoms with Gasteiger partial charge in [0.15, 0.2) is 0 Å². The van der Waals surface area contributed by atoms with Crippen LogP contribution in [0, 0.1) is 5.92 Å². The molecule has 1 fully saturated rings. The quantitative estimate of drug-likeness (QED) is 0.502. The minimum absolute atomic E-state index is 0.387. The van der Waals surface area contributed by atoms with Gasteiger partial charge in [0.2, 0.25) is 5.91 Å². The molecule has 1 saturated heterocycles. The van der Waals surface area contributed by atoms with Gasteiger partial charge in [-0.1, -0.05) is 0 Å². The molecule has 0 aromatic heterocycles. The van der Waals surface area contributed by atoms with Crippen molar-refractivity contribution < 1.29 is 18.0 Å². The second-order valence-electron chi connectivity index (χ2n) is 2.18. The van der Waals surface area contributed by atoms with E-state index in [1.807, 2.05) is 0 Å². The Bertz CT molecular complexity index is 153. The Morgan fingerprint density at radius 1 is 1.50 bits per heavy atom. The Morgan fingerprint density at radius 2 is 2.10 bits per heavy atom. The highest BCUT2D eigenvalue weighted by atomic mass is 19.4. The topological polar surface area (TPSA) is 31.2 Å². The van der Waals surface area contributed by atoms with Gasteiger partial charge >= 0.3 is 6.18 Å². The van der Waals surface area contributed by atoms with Crippen molar-refractivity contribution in [3.63, 3.8) is 0 Å². The molecule has 10 heavy (non-hydrogen) atoms. The van der Waals surface area contributed by atoms with Crippen LogP contribution in [0.15, 0.2) is 0 Å². The molecular formula is C5H5F3NO. The first-order chi connectivity index (χ1) is 4.50. The maximum atomic E-state index is 11.7. The molecule has 0 spiro atoms. The molecule has 57 valence electrons. The van der Waals surface area contributed by atoms with Crippen molar-refractivity contribution in [2.45, 2.75) is 12.6 Å². The summed E-state index contributed by atoms with van der Waals surface area (Å²) in [6.45, 7) is -0.387. The van der Waals surface area contributed by atoms with Crippen molar-refractivity contribution in [1.82, 2.24) is 5.32 Å². The lowest BCUT2D eigenvalue weighted by Crippen LogP contribution is -2.23. The third kappa shape index (κ3) is 1.40. The number of amides is 1. The van der Waals surface area contributed by atoms with E-state index < -0.39 is 24.4 Å². The van der Waals surface area contributed by atoms with E-state index in [1.165, 1.54) is 0 Å². The maximum Gasteiger partial charge on any atom is 0.394 e. The molecule has 1 aliphatic heterocycles. The Morgan fingerprint density at radius 3 is 2.30 bits per heavy atom. The fourth-order valence-corrected chi connectivity index (χ4v) is 0.771. The summed E-state index contributed by atoms with van der Waals surface area (Å²) in [5.41, 5.74) is 0. The SMILES string of the molecule is O=C1CC(C(F)(F)F)C[N]1. The van der Waals surface area contributed by atoms with Gasteiger partial charge in [-0.05, 0) is 0 Å². The molecule has 1 radical (unpaired) electrons. The van der Waals surface area contributed by atoms with Gasteiger partial charge in [0.25, 0.3) is 0 Å². The monoisotopic (exact) mass is 152 g/mol. The summed E-state index contributed by atoms with van der Waals surface area (Å²) in [7, 11) is 0. The fourth-order valence-electron chi connectivity index (χ4n) is 0.771. The number of halogens is 3. The van der Waals surface area contributed by atoms with Gasteiger partial charge in [-0.15, -0.1) is 0 Å². The summed E-state index contributed by atoms with van der Waals surface area (Å²) in [6, 6.07) is 0. The first-order valence-corrected chi connectivity index (χ1v) is 2.77. The van der Waals surface area contributed by atoms with Gasteiger partial charge in [-0.25, -0.2) is 0 Å². The molecule has 0 N–H and O–H groups in total. The lowest BCUT2D eigenvalue weighted by molar-refractivity contribution is -0.169. The average Bonchev–Trinajstić information content (AvgIpc) is 2.11. The van der Waals surface area contributed by atoms with E-state index in [-0.39, 0.29) is 6.54 Å². The Labute approximate surface area is 55.4 Å². The number of alkyl halides is 3. The highest BCUT2D eigenvalue weighted by Crippen LogP contribution is 2.30. The first-order valence-electron chi connectivity index (χ1n) is 2.77. The van der Waals surface area contributed by atoms with Crippen molar-refractivity contribution in [2.24, 2.45) is 5.92 Å². The highest BCUT2D eigenvalue weighted by Gasteiger charge is 2.44. The number of nitrogens with zero attached hydrogens (tertiary/aromatic N) is 1. The van der Waals surface area contributed by atoms with Crippen LogP contribution in [-0.2, 0) is 4.79 Å². The summed E-state index contributed by atoms with van der Waals surface area (Å²) in [5.74, 6) is -2.16. The standard InChI is InChI=1S/C5H5F3NO/c6-5(7,8)3-1-4(10)9-2-3/h3H,1-2H2. The summed E-state index contributed by atoms with van der Waals surface area (Å²) in [4.78, 5) is 10.2. The van der Waals surface area contributed by atoms with Crippen LogP contribution in [0.2, 0.25) is 0 Å². The van der Waals surface area contributed by atoms with E-state index >= 15 is 0 Å². The van der Waals surface area contributed by atoms with E-state index in [1.54, 1.807) is 0 Å². The van der Waals surface area contributed by atoms with Crippen LogP contribution in [0.25, 0.3) is 0 Å². The van der Waals surface area contributed by atoms with Gasteiger partial charge in [-0.2, -0.15) is 13.2 Å². The predicted molar refractivity (Wildman–Crippen MR) is 26.2 cm³/mol. The molecule has 0 aromatic carbocycles. The van der Waals surface area contributed by atoms with Crippen LogP contribution < -0.4 is 5.32 Å². The van der Waals surface area contributed by atoms with Crippen LogP contribution in [0.5, 0.6) is 0 Å². The predicted octanol–water partition coefficient (Wildman–Crippen LogP) is 0.700. The zero-order chi connectivity index (χ0) is 7.78. The molecule has 1 rings (SSSR count). The third-order valence-corrected chi connectivity index (χ3v) is 1.37. The van der Waals surface area contributed by atoms with Gasteiger partial charge in [0, 0.05) is 6.42 Å². The van der Waals surface area contributed by atoms with Gasteiger partial charge in [0.05, 0.1) is 12.5 Å². The summed E-state index contributed by atoms with van der Waals surface area (Å²) >= 11 is 0. The number of hydrogen-bond donors (Lipinski definition) is 0. The van der Waals surface area contributed by atoms with Crippen LogP contribution in [-0.4, -0.2) is 18.6 Å². The van der Waals surface area contributed by atoms with Gasteiger partial charge in [0.1, 0.15) is 0 Å². The molecule has 0 aromatic rings. The molecular weight excluding hydrogens is 147 g/mol. The Hall–Kier alpha value is -0.740. The number of hydrogen-bond acceptors (Lipinski definition) is 1. The van der Waals surface area contributed by atoms with Crippen LogP contribution in [0.4, 0.5) is 13.2 Å². The summed E-state index contributed by atoms with van der Waals surface area (Å²) in [5, 5.41) is 3.13. The van der Waals surface area contributed by atoms with E-state index in [0.717, 1.165) is 0 Å².